The molecule has 8 bridgehead atoms. The lowest BCUT2D eigenvalue weighted by Crippen LogP contribution is -2.25. The molecular weight excluding hydrogens is 907 g/mol. The number of H-pyrrole nitrogens is 2. The van der Waals surface area contributed by atoms with E-state index in [0.717, 1.165) is 119 Å². The molecule has 0 aliphatic carbocycles. The number of benzene rings is 4. The zero-order chi connectivity index (χ0) is 50.9. The van der Waals surface area contributed by atoms with Gasteiger partial charge < -0.3 is 20.0 Å². The number of aromatic carboxylic acids is 1. The Hall–Kier alpha value is -8.13. The summed E-state index contributed by atoms with van der Waals surface area (Å²) in [4.78, 5) is 32.7. The molecule has 7 nitrogen and oxygen atoms in total. The Morgan fingerprint density at radius 1 is 0.459 bits per heavy atom. The number of fused-ring (bicyclic) bond motifs is 8. The first-order valence-electron chi connectivity index (χ1n) is 26.9. The summed E-state index contributed by atoms with van der Waals surface area (Å²) in [6.45, 7) is 6.72. The lowest BCUT2D eigenvalue weighted by molar-refractivity contribution is 0.0697. The van der Waals surface area contributed by atoms with Gasteiger partial charge in [0.2, 0.25) is 0 Å². The van der Waals surface area contributed by atoms with E-state index in [1.54, 1.807) is 24.3 Å². The standard InChI is InChI=1S/C67H67N5O2/c1-3-5-7-15-47-72(48-16-8-6-4-2)54-35-29-52(30-36-54)32-38-58-65-45-41-61(70-65)55(25-17-23-49-19-11-9-12-20-49)59-39-43-63(68-59)57(37-31-51-27-33-53(34-28-51)67(73)74)64-44-40-60(69-64)56(62-42-46-66(58)71-62)26-18-24-50-21-13-10-14-22-50/h9-14,19-22,27-30,33-36,39-46,70-71H,3-8,15-18,23-26,47-48H2,1-2H3,(H,73,74). The molecule has 0 saturated heterocycles. The van der Waals surface area contributed by atoms with Gasteiger partial charge in [-0.15, -0.1) is 0 Å². The molecule has 0 spiro atoms. The molecule has 0 fully saturated rings. The van der Waals surface area contributed by atoms with Crippen molar-refractivity contribution in [2.45, 2.75) is 104 Å². The van der Waals surface area contributed by atoms with Crippen LogP contribution in [0, 0.1) is 23.7 Å². The van der Waals surface area contributed by atoms with Crippen molar-refractivity contribution >= 4 is 58.0 Å². The maximum absolute atomic E-state index is 11.7. The van der Waals surface area contributed by atoms with Gasteiger partial charge in [-0.1, -0.05) is 137 Å². The highest BCUT2D eigenvalue weighted by Crippen LogP contribution is 2.29. The molecule has 2 aliphatic heterocycles. The van der Waals surface area contributed by atoms with Crippen molar-refractivity contribution in [2.75, 3.05) is 18.0 Å². The van der Waals surface area contributed by atoms with Gasteiger partial charge in [-0.3, -0.25) is 0 Å². The van der Waals surface area contributed by atoms with E-state index in [4.69, 9.17) is 9.97 Å². The molecule has 3 N–H and O–H groups in total. The van der Waals surface area contributed by atoms with Crippen molar-refractivity contribution in [1.82, 2.24) is 19.9 Å². The van der Waals surface area contributed by atoms with Gasteiger partial charge in [0.15, 0.2) is 0 Å². The topological polar surface area (TPSA) is 97.9 Å². The molecular formula is C67H67N5O2. The third-order valence-electron chi connectivity index (χ3n) is 14.0. The number of nitrogens with one attached hydrogen (secondary N) is 2. The fraction of sp³-hybridized carbons (Fsp3) is 0.269. The average Bonchev–Trinajstić information content (AvgIpc) is 4.30. The van der Waals surface area contributed by atoms with E-state index in [-0.39, 0.29) is 5.56 Å². The first-order valence-corrected chi connectivity index (χ1v) is 26.9. The summed E-state index contributed by atoms with van der Waals surface area (Å²) in [5.41, 5.74) is 16.6. The maximum atomic E-state index is 11.7. The van der Waals surface area contributed by atoms with Gasteiger partial charge in [0.1, 0.15) is 0 Å². The molecule has 5 heterocycles. The monoisotopic (exact) mass is 974 g/mol. The molecule has 74 heavy (non-hydrogen) atoms. The van der Waals surface area contributed by atoms with Crippen LogP contribution in [-0.2, 0) is 25.7 Å². The number of hydrogen-bond donors (Lipinski definition) is 3. The highest BCUT2D eigenvalue weighted by atomic mass is 16.4. The number of nitrogens with zero attached hydrogens (tertiary/aromatic N) is 3. The van der Waals surface area contributed by atoms with Crippen LogP contribution in [0.3, 0.4) is 0 Å². The number of carboxylic acids is 1. The second kappa shape index (κ2) is 25.5. The Balaban J connectivity index is 1.19. The van der Waals surface area contributed by atoms with Crippen LogP contribution in [0.1, 0.15) is 156 Å². The zero-order valence-corrected chi connectivity index (χ0v) is 43.0. The van der Waals surface area contributed by atoms with Crippen LogP contribution in [0.2, 0.25) is 0 Å². The predicted molar refractivity (Wildman–Crippen MR) is 308 cm³/mol. The normalized spacial score (nSPS) is 11.5. The summed E-state index contributed by atoms with van der Waals surface area (Å²) in [5.74, 6) is 13.0. The Kier molecular flexibility index (Phi) is 17.5. The van der Waals surface area contributed by atoms with Crippen molar-refractivity contribution in [3.05, 3.63) is 206 Å². The average molecular weight is 974 g/mol. The molecule has 0 saturated carbocycles. The summed E-state index contributed by atoms with van der Waals surface area (Å²) in [5, 5.41) is 9.55. The van der Waals surface area contributed by atoms with Crippen LogP contribution < -0.4 is 4.90 Å². The van der Waals surface area contributed by atoms with Crippen molar-refractivity contribution in [3.8, 4) is 23.7 Å². The SMILES string of the molecule is CCCCCCN(CCCCCC)c1ccc(C#Cc2c3ccc([nH]3)c(CCCc3ccccc3)c3nc(c(C#Cc4ccc(C(=O)O)cc4)c4nc(c(CCCc5ccccc5)c5ccc2[nH]5)C=C4)C=C3)cc1. The Bertz CT molecular complexity index is 3240. The molecule has 2 aliphatic rings. The van der Waals surface area contributed by atoms with Gasteiger partial charge in [0.05, 0.1) is 50.5 Å². The maximum Gasteiger partial charge on any atom is 0.335 e. The first-order chi connectivity index (χ1) is 36.4. The first kappa shape index (κ1) is 50.8. The number of aryl methyl sites for hydroxylation is 4. The second-order valence-corrected chi connectivity index (χ2v) is 19.4. The lowest BCUT2D eigenvalue weighted by atomic mass is 10.0. The molecule has 0 radical (unpaired) electrons. The highest BCUT2D eigenvalue weighted by molar-refractivity contribution is 5.88. The van der Waals surface area contributed by atoms with Gasteiger partial charge in [-0.25, -0.2) is 14.8 Å². The number of unbranched alkanes of at least 4 members (excludes halogenated alkanes) is 6. The van der Waals surface area contributed by atoms with E-state index in [1.165, 1.54) is 68.2 Å². The molecule has 372 valence electrons. The smallest absolute Gasteiger partial charge is 0.335 e. The summed E-state index contributed by atoms with van der Waals surface area (Å²) in [6.07, 6.45) is 23.6. The lowest BCUT2D eigenvalue weighted by Gasteiger charge is -2.25. The third-order valence-corrected chi connectivity index (χ3v) is 14.0. The highest BCUT2D eigenvalue weighted by Gasteiger charge is 2.17. The van der Waals surface area contributed by atoms with E-state index >= 15 is 0 Å². The van der Waals surface area contributed by atoms with Crippen LogP contribution in [0.15, 0.2) is 133 Å². The van der Waals surface area contributed by atoms with Crippen LogP contribution in [0.4, 0.5) is 5.69 Å². The number of rotatable bonds is 20. The largest absolute Gasteiger partial charge is 0.478 e. The van der Waals surface area contributed by atoms with E-state index < -0.39 is 5.97 Å². The van der Waals surface area contributed by atoms with Gasteiger partial charge in [0.25, 0.3) is 0 Å². The van der Waals surface area contributed by atoms with E-state index in [0.29, 0.717) is 11.1 Å². The fourth-order valence-electron chi connectivity index (χ4n) is 9.89. The summed E-state index contributed by atoms with van der Waals surface area (Å²) >= 11 is 0. The van der Waals surface area contributed by atoms with Gasteiger partial charge in [-0.2, -0.15) is 0 Å². The molecule has 7 aromatic rings. The van der Waals surface area contributed by atoms with E-state index in [9.17, 15) is 9.90 Å². The van der Waals surface area contributed by atoms with Crippen LogP contribution in [0.5, 0.6) is 0 Å². The van der Waals surface area contributed by atoms with Crippen molar-refractivity contribution in [1.29, 1.82) is 0 Å². The zero-order valence-electron chi connectivity index (χ0n) is 43.0. The van der Waals surface area contributed by atoms with Crippen LogP contribution in [0.25, 0.3) is 46.4 Å². The molecule has 0 amide bonds. The third kappa shape index (κ3) is 13.3. The van der Waals surface area contributed by atoms with Crippen molar-refractivity contribution in [3.63, 3.8) is 0 Å². The second-order valence-electron chi connectivity index (χ2n) is 19.4. The Morgan fingerprint density at radius 2 is 0.905 bits per heavy atom. The molecule has 4 aromatic carbocycles. The molecule has 0 unspecified atom stereocenters. The summed E-state index contributed by atoms with van der Waals surface area (Å²) in [7, 11) is 0. The van der Waals surface area contributed by atoms with Crippen molar-refractivity contribution in [2.24, 2.45) is 0 Å². The number of carboxylic acid groups (broad SMARTS) is 1. The number of carbonyl (C=O) groups is 1. The number of aromatic amines is 2. The fourth-order valence-corrected chi connectivity index (χ4v) is 9.89. The quantitative estimate of drug-likeness (QED) is 0.0522. The summed E-state index contributed by atoms with van der Waals surface area (Å²) in [6, 6.07) is 45.5. The minimum Gasteiger partial charge on any atom is -0.478 e. The van der Waals surface area contributed by atoms with E-state index in [2.05, 4.69) is 174 Å². The minimum absolute atomic E-state index is 0.216. The number of aromatic nitrogens is 4. The van der Waals surface area contributed by atoms with E-state index in [1.807, 2.05) is 12.2 Å². The predicted octanol–water partition coefficient (Wildman–Crippen LogP) is 15.5. The Labute approximate surface area is 437 Å². The van der Waals surface area contributed by atoms with Gasteiger partial charge in [-0.05, 0) is 160 Å². The number of anilines is 1. The molecule has 9 rings (SSSR count). The summed E-state index contributed by atoms with van der Waals surface area (Å²) < 4.78 is 0. The minimum atomic E-state index is -0.973. The Morgan fingerprint density at radius 3 is 1.38 bits per heavy atom. The molecule has 0 atom stereocenters. The van der Waals surface area contributed by atoms with Gasteiger partial charge >= 0.3 is 5.97 Å². The van der Waals surface area contributed by atoms with Gasteiger partial charge in [0, 0.05) is 52.1 Å². The molecule has 3 aromatic heterocycles. The number of hydrogen-bond acceptors (Lipinski definition) is 4. The molecule has 7 heteroatoms. The van der Waals surface area contributed by atoms with Crippen LogP contribution >= 0.6 is 0 Å². The van der Waals surface area contributed by atoms with Crippen molar-refractivity contribution < 1.29 is 9.90 Å². The van der Waals surface area contributed by atoms with Crippen LogP contribution in [-0.4, -0.2) is 44.1 Å².